The van der Waals surface area contributed by atoms with Crippen LogP contribution >= 0.6 is 12.4 Å². The van der Waals surface area contributed by atoms with Crippen LogP contribution in [0.3, 0.4) is 0 Å². The van der Waals surface area contributed by atoms with Crippen molar-refractivity contribution in [1.82, 2.24) is 10.2 Å². The number of nitrogens with one attached hydrogen (secondary N) is 2. The predicted octanol–water partition coefficient (Wildman–Crippen LogP) is 1.57. The number of piperidine rings is 1. The average molecular weight is 327 g/mol. The third-order valence-corrected chi connectivity index (χ3v) is 3.60. The van der Waals surface area contributed by atoms with Gasteiger partial charge in [-0.25, -0.2) is 4.79 Å². The maximum absolute atomic E-state index is 12.2. The largest absolute Gasteiger partial charge is 0.341 e. The van der Waals surface area contributed by atoms with E-state index in [4.69, 9.17) is 5.73 Å². The zero-order valence-corrected chi connectivity index (χ0v) is 13.4. The fourth-order valence-electron chi connectivity index (χ4n) is 2.34. The lowest BCUT2D eigenvalue weighted by atomic mass is 10.1. The summed E-state index contributed by atoms with van der Waals surface area (Å²) in [6.07, 6.45) is 1.63. The number of carbonyl (C=O) groups is 2. The molecule has 1 atom stereocenters. The van der Waals surface area contributed by atoms with Gasteiger partial charge >= 0.3 is 6.03 Å². The fraction of sp³-hybridized carbons (Fsp3) is 0.467. The van der Waals surface area contributed by atoms with Gasteiger partial charge in [0.05, 0.1) is 0 Å². The van der Waals surface area contributed by atoms with Gasteiger partial charge in [0.2, 0.25) is 5.91 Å². The first kappa shape index (κ1) is 18.3. The summed E-state index contributed by atoms with van der Waals surface area (Å²) in [5.41, 5.74) is 6.52. The SMILES string of the molecule is CC(NC(=O)Nc1ccccc1)C(=O)N1CCC(N)CC1.Cl. The van der Waals surface area contributed by atoms with E-state index in [0.29, 0.717) is 18.8 Å². The van der Waals surface area contributed by atoms with Gasteiger partial charge in [-0.1, -0.05) is 18.2 Å². The number of hydrogen-bond acceptors (Lipinski definition) is 3. The first-order valence-corrected chi connectivity index (χ1v) is 7.23. The number of para-hydroxylation sites is 1. The van der Waals surface area contributed by atoms with E-state index in [-0.39, 0.29) is 30.4 Å². The number of rotatable bonds is 3. The van der Waals surface area contributed by atoms with Crippen LogP contribution in [0.2, 0.25) is 0 Å². The van der Waals surface area contributed by atoms with E-state index >= 15 is 0 Å². The van der Waals surface area contributed by atoms with Gasteiger partial charge < -0.3 is 21.3 Å². The van der Waals surface area contributed by atoms with E-state index in [0.717, 1.165) is 12.8 Å². The summed E-state index contributed by atoms with van der Waals surface area (Å²) in [7, 11) is 0. The van der Waals surface area contributed by atoms with Crippen LogP contribution in [0, 0.1) is 0 Å². The highest BCUT2D eigenvalue weighted by atomic mass is 35.5. The predicted molar refractivity (Wildman–Crippen MR) is 89.1 cm³/mol. The van der Waals surface area contributed by atoms with E-state index in [1.54, 1.807) is 24.0 Å². The van der Waals surface area contributed by atoms with E-state index in [1.807, 2.05) is 18.2 Å². The molecule has 0 spiro atoms. The minimum Gasteiger partial charge on any atom is -0.341 e. The second-order valence-electron chi connectivity index (χ2n) is 5.35. The molecule has 7 heteroatoms. The van der Waals surface area contributed by atoms with Gasteiger partial charge in [0, 0.05) is 24.8 Å². The second-order valence-corrected chi connectivity index (χ2v) is 5.35. The molecule has 0 aromatic heterocycles. The first-order chi connectivity index (χ1) is 10.1. The zero-order valence-electron chi connectivity index (χ0n) is 12.6. The summed E-state index contributed by atoms with van der Waals surface area (Å²) >= 11 is 0. The van der Waals surface area contributed by atoms with Crippen LogP contribution in [0.1, 0.15) is 19.8 Å². The molecular formula is C15H23ClN4O2. The molecule has 1 saturated heterocycles. The summed E-state index contributed by atoms with van der Waals surface area (Å²) in [5.74, 6) is -0.0647. The smallest absolute Gasteiger partial charge is 0.319 e. The van der Waals surface area contributed by atoms with Crippen LogP contribution in [-0.2, 0) is 4.79 Å². The Morgan fingerprint density at radius 2 is 1.82 bits per heavy atom. The molecular weight excluding hydrogens is 304 g/mol. The van der Waals surface area contributed by atoms with Crippen LogP contribution in [0.15, 0.2) is 30.3 Å². The molecule has 1 unspecified atom stereocenters. The molecule has 1 fully saturated rings. The lowest BCUT2D eigenvalue weighted by Crippen LogP contribution is -2.51. The maximum atomic E-state index is 12.2. The number of anilines is 1. The third-order valence-electron chi connectivity index (χ3n) is 3.60. The first-order valence-electron chi connectivity index (χ1n) is 7.23. The molecule has 0 bridgehead atoms. The Morgan fingerprint density at radius 1 is 1.23 bits per heavy atom. The summed E-state index contributed by atoms with van der Waals surface area (Å²) in [4.78, 5) is 25.8. The van der Waals surface area contributed by atoms with Crippen molar-refractivity contribution < 1.29 is 9.59 Å². The molecule has 1 aromatic carbocycles. The van der Waals surface area contributed by atoms with Gasteiger partial charge in [-0.15, -0.1) is 12.4 Å². The maximum Gasteiger partial charge on any atom is 0.319 e. The molecule has 2 rings (SSSR count). The Bertz CT molecular complexity index is 490. The Kier molecular flexibility index (Phi) is 7.14. The molecule has 0 aliphatic carbocycles. The molecule has 3 amide bonds. The lowest BCUT2D eigenvalue weighted by Gasteiger charge is -2.32. The number of halogens is 1. The molecule has 4 N–H and O–H groups in total. The number of carbonyl (C=O) groups excluding carboxylic acids is 2. The molecule has 1 aliphatic rings. The number of benzene rings is 1. The highest BCUT2D eigenvalue weighted by molar-refractivity contribution is 5.93. The summed E-state index contributed by atoms with van der Waals surface area (Å²) in [6, 6.07) is 8.37. The van der Waals surface area contributed by atoms with Gasteiger partial charge in [0.15, 0.2) is 0 Å². The number of amides is 3. The zero-order chi connectivity index (χ0) is 15.2. The van der Waals surface area contributed by atoms with E-state index < -0.39 is 6.04 Å². The molecule has 0 radical (unpaired) electrons. The van der Waals surface area contributed by atoms with E-state index in [9.17, 15) is 9.59 Å². The van der Waals surface area contributed by atoms with Crippen LogP contribution in [-0.4, -0.2) is 42.0 Å². The second kappa shape index (κ2) is 8.60. The van der Waals surface area contributed by atoms with Gasteiger partial charge in [-0.05, 0) is 31.9 Å². The van der Waals surface area contributed by atoms with Gasteiger partial charge in [-0.2, -0.15) is 0 Å². The van der Waals surface area contributed by atoms with Crippen molar-refractivity contribution in [1.29, 1.82) is 0 Å². The highest BCUT2D eigenvalue weighted by Gasteiger charge is 2.25. The molecule has 1 aromatic rings. The van der Waals surface area contributed by atoms with Crippen LogP contribution in [0.25, 0.3) is 0 Å². The van der Waals surface area contributed by atoms with Crippen LogP contribution in [0.5, 0.6) is 0 Å². The number of likely N-dealkylation sites (tertiary alicyclic amines) is 1. The van der Waals surface area contributed by atoms with Crippen molar-refractivity contribution >= 4 is 30.0 Å². The quantitative estimate of drug-likeness (QED) is 0.788. The molecule has 1 heterocycles. The van der Waals surface area contributed by atoms with Crippen molar-refractivity contribution in [2.45, 2.75) is 31.8 Å². The Morgan fingerprint density at radius 3 is 2.41 bits per heavy atom. The third kappa shape index (κ3) is 5.20. The number of urea groups is 1. The standard InChI is InChI=1S/C15H22N4O2.ClH/c1-11(14(20)19-9-7-12(16)8-10-19)17-15(21)18-13-5-3-2-4-6-13;/h2-6,11-12H,7-10,16H2,1H3,(H2,17,18,21);1H. The number of nitrogens with zero attached hydrogens (tertiary/aromatic N) is 1. The molecule has 122 valence electrons. The van der Waals surface area contributed by atoms with Gasteiger partial charge in [0.25, 0.3) is 0 Å². The van der Waals surface area contributed by atoms with Crippen LogP contribution < -0.4 is 16.4 Å². The van der Waals surface area contributed by atoms with Crippen molar-refractivity contribution in [3.8, 4) is 0 Å². The molecule has 1 aliphatic heterocycles. The monoisotopic (exact) mass is 326 g/mol. The minimum absolute atomic E-state index is 0. The topological polar surface area (TPSA) is 87.5 Å². The van der Waals surface area contributed by atoms with Crippen LogP contribution in [0.4, 0.5) is 10.5 Å². The Hall–Kier alpha value is -1.79. The van der Waals surface area contributed by atoms with Crippen molar-refractivity contribution in [2.24, 2.45) is 5.73 Å². The van der Waals surface area contributed by atoms with Crippen molar-refractivity contribution in [3.05, 3.63) is 30.3 Å². The summed E-state index contributed by atoms with van der Waals surface area (Å²) in [5, 5.41) is 5.36. The van der Waals surface area contributed by atoms with E-state index in [1.165, 1.54) is 0 Å². The average Bonchev–Trinajstić information content (AvgIpc) is 2.48. The minimum atomic E-state index is -0.553. The van der Waals surface area contributed by atoms with Crippen molar-refractivity contribution in [3.63, 3.8) is 0 Å². The highest BCUT2D eigenvalue weighted by Crippen LogP contribution is 2.10. The van der Waals surface area contributed by atoms with Gasteiger partial charge in [0.1, 0.15) is 6.04 Å². The number of nitrogens with two attached hydrogens (primary N) is 1. The normalized spacial score (nSPS) is 16.4. The molecule has 6 nitrogen and oxygen atoms in total. The van der Waals surface area contributed by atoms with Crippen molar-refractivity contribution in [2.75, 3.05) is 18.4 Å². The Labute approximate surface area is 136 Å². The number of hydrogen-bond donors (Lipinski definition) is 3. The lowest BCUT2D eigenvalue weighted by molar-refractivity contribution is -0.133. The van der Waals surface area contributed by atoms with Gasteiger partial charge in [-0.3, -0.25) is 4.79 Å². The fourth-order valence-corrected chi connectivity index (χ4v) is 2.34. The Balaban J connectivity index is 0.00000242. The van der Waals surface area contributed by atoms with E-state index in [2.05, 4.69) is 10.6 Å². The molecule has 22 heavy (non-hydrogen) atoms. The molecule has 0 saturated carbocycles. The summed E-state index contributed by atoms with van der Waals surface area (Å²) in [6.45, 7) is 3.01. The summed E-state index contributed by atoms with van der Waals surface area (Å²) < 4.78 is 0.